The van der Waals surface area contributed by atoms with Crippen LogP contribution < -0.4 is 20.0 Å². The van der Waals surface area contributed by atoms with E-state index in [2.05, 4.69) is 103 Å². The van der Waals surface area contributed by atoms with Crippen molar-refractivity contribution < 1.29 is 23.4 Å². The van der Waals surface area contributed by atoms with Gasteiger partial charge in [-0.2, -0.15) is 5.10 Å². The van der Waals surface area contributed by atoms with Gasteiger partial charge < -0.3 is 23.5 Å². The summed E-state index contributed by atoms with van der Waals surface area (Å²) >= 11 is 6.41. The molecule has 2 atom stereocenters. The molecule has 5 aliphatic rings. The van der Waals surface area contributed by atoms with Gasteiger partial charge in [-0.1, -0.05) is 105 Å². The van der Waals surface area contributed by atoms with E-state index in [-0.39, 0.29) is 28.4 Å². The van der Waals surface area contributed by atoms with Crippen LogP contribution in [-0.2, 0) is 33.5 Å². The molecular formula is C55H63ClN6O5Si. The lowest BCUT2D eigenvalue weighted by Crippen LogP contribution is -2.67. The number of methoxy groups -OCH3 is 1. The van der Waals surface area contributed by atoms with Gasteiger partial charge in [0.1, 0.15) is 18.2 Å². The molecule has 6 aromatic rings. The number of ether oxygens (including phenoxy) is 3. The lowest BCUT2D eigenvalue weighted by atomic mass is 9.48. The number of carbonyl (C=O) groups is 1. The predicted molar refractivity (Wildman–Crippen MR) is 269 cm³/mol. The Labute approximate surface area is 406 Å². The lowest BCUT2D eigenvalue weighted by molar-refractivity contribution is -0.199. The minimum absolute atomic E-state index is 0.0585. The molecule has 4 fully saturated rings. The minimum Gasteiger partial charge on any atom is -0.497 e. The van der Waals surface area contributed by atoms with Gasteiger partial charge in [-0.15, -0.1) is 10.2 Å². The van der Waals surface area contributed by atoms with E-state index in [0.717, 1.165) is 72.3 Å². The van der Waals surface area contributed by atoms with Gasteiger partial charge in [0.15, 0.2) is 16.7 Å². The molecule has 3 aromatic carbocycles. The summed E-state index contributed by atoms with van der Waals surface area (Å²) in [6, 6.07) is 33.2. The fourth-order valence-corrected chi connectivity index (χ4v) is 17.5. The van der Waals surface area contributed by atoms with E-state index in [9.17, 15) is 4.79 Å². The van der Waals surface area contributed by atoms with Crippen LogP contribution in [0.3, 0.4) is 0 Å². The first-order chi connectivity index (χ1) is 32.8. The molecule has 0 radical (unpaired) electrons. The molecule has 4 saturated carbocycles. The Balaban J connectivity index is 0.902. The van der Waals surface area contributed by atoms with Crippen molar-refractivity contribution in [2.24, 2.45) is 17.3 Å². The molecule has 0 saturated heterocycles. The van der Waals surface area contributed by atoms with E-state index in [0.29, 0.717) is 53.9 Å². The summed E-state index contributed by atoms with van der Waals surface area (Å²) in [6.07, 6.45) is 10.5. The summed E-state index contributed by atoms with van der Waals surface area (Å²) in [5.74, 6) is 2.78. The topological polar surface area (TPSA) is 114 Å². The zero-order valence-corrected chi connectivity index (χ0v) is 42.0. The second kappa shape index (κ2) is 18.5. The zero-order chi connectivity index (χ0) is 47.3. The van der Waals surface area contributed by atoms with Gasteiger partial charge in [0.05, 0.1) is 32.1 Å². The number of carbonyl (C=O) groups excluding carboxylic acids is 1. The quantitative estimate of drug-likeness (QED) is 0.0560. The third-order valence-corrected chi connectivity index (χ3v) is 20.8. The highest BCUT2D eigenvalue weighted by molar-refractivity contribution is 6.99. The number of nitrogens with zero attached hydrogens (tertiary/aromatic N) is 6. The van der Waals surface area contributed by atoms with Gasteiger partial charge in [-0.05, 0) is 133 Å². The van der Waals surface area contributed by atoms with E-state index in [1.54, 1.807) is 7.11 Å². The number of benzene rings is 3. The van der Waals surface area contributed by atoms with Crippen LogP contribution in [0.5, 0.6) is 5.75 Å². The highest BCUT2D eigenvalue weighted by Crippen LogP contribution is 2.63. The summed E-state index contributed by atoms with van der Waals surface area (Å²) in [7, 11) is -1.05. The Morgan fingerprint density at radius 3 is 2.21 bits per heavy atom. The number of hydrogen-bond acceptors (Lipinski definition) is 10. The molecule has 4 heterocycles. The number of halogens is 1. The number of anilines is 2. The molecule has 0 amide bonds. The Hall–Kier alpha value is -5.40. The minimum atomic E-state index is -2.68. The van der Waals surface area contributed by atoms with E-state index >= 15 is 0 Å². The Bertz CT molecular complexity index is 2730. The summed E-state index contributed by atoms with van der Waals surface area (Å²) in [6.45, 7) is 13.7. The SMILES string of the molecule is COc1ccc(COC(=O)c2nc(N3CCCc4c3nnc(Cl)c4C)ccc2-c2cnn(CC34CC5CC(C3)CC(OCCO[Si](c3ccccc3)(c3ccccc3)C(C)(C)C)(C5)C4)c2C)cc1. The van der Waals surface area contributed by atoms with Gasteiger partial charge in [0.2, 0.25) is 0 Å². The summed E-state index contributed by atoms with van der Waals surface area (Å²) in [4.78, 5) is 21.4. The van der Waals surface area contributed by atoms with Crippen LogP contribution in [0.25, 0.3) is 11.1 Å². The average Bonchev–Trinajstić information content (AvgIpc) is 3.69. The maximum atomic E-state index is 14.3. The molecule has 13 heteroatoms. The van der Waals surface area contributed by atoms with Gasteiger partial charge in [-0.3, -0.25) is 4.68 Å². The van der Waals surface area contributed by atoms with Gasteiger partial charge in [0.25, 0.3) is 8.32 Å². The summed E-state index contributed by atoms with van der Waals surface area (Å²) in [5.41, 5.74) is 5.45. The van der Waals surface area contributed by atoms with Crippen LogP contribution in [0.4, 0.5) is 11.6 Å². The van der Waals surface area contributed by atoms with Crippen molar-refractivity contribution in [2.75, 3.05) is 31.8 Å². The van der Waals surface area contributed by atoms with Crippen LogP contribution in [-0.4, -0.2) is 71.7 Å². The molecule has 4 bridgehead atoms. The molecular weight excluding hydrogens is 888 g/mol. The van der Waals surface area contributed by atoms with Crippen LogP contribution in [0.2, 0.25) is 10.2 Å². The first kappa shape index (κ1) is 46.3. The monoisotopic (exact) mass is 950 g/mol. The van der Waals surface area contributed by atoms with Crippen LogP contribution in [0, 0.1) is 31.1 Å². The molecule has 11 nitrogen and oxygen atoms in total. The van der Waals surface area contributed by atoms with E-state index in [4.69, 9.17) is 40.3 Å². The van der Waals surface area contributed by atoms with Crippen LogP contribution in [0.15, 0.2) is 103 Å². The third kappa shape index (κ3) is 8.67. The maximum Gasteiger partial charge on any atom is 0.358 e. The first-order valence-electron chi connectivity index (χ1n) is 24.3. The molecule has 0 N–H and O–H groups in total. The maximum absolute atomic E-state index is 14.3. The number of pyridine rings is 1. The number of aromatic nitrogens is 5. The normalized spacial score (nSPS) is 22.0. The molecule has 0 spiro atoms. The zero-order valence-electron chi connectivity index (χ0n) is 40.3. The van der Waals surface area contributed by atoms with Crippen molar-refractivity contribution in [2.45, 2.75) is 110 Å². The van der Waals surface area contributed by atoms with Gasteiger partial charge >= 0.3 is 5.97 Å². The second-order valence-corrected chi connectivity index (χ2v) is 25.6. The number of fused-ring (bicyclic) bond motifs is 1. The fourth-order valence-electron chi connectivity index (χ4n) is 12.8. The van der Waals surface area contributed by atoms with Crippen molar-refractivity contribution in [1.29, 1.82) is 0 Å². The first-order valence-corrected chi connectivity index (χ1v) is 26.6. The fraction of sp³-hybridized carbons (Fsp3) is 0.436. The standard InChI is InChI=1S/C55H63ClN6O5Si/c1-37-45-18-13-25-61(51(45)60-59-50(37)56)48-24-23-46(49(58-48)52(63)65-34-39-19-21-42(64-6)22-20-39)47-33-57-62(38(47)2)36-54-29-40-28-41(30-54)32-55(31-40,35-54)66-26-27-67-68(53(3,4)5,43-14-9-7-10-15-43)44-16-11-8-12-17-44/h7-12,14-17,19-24,33,40-41H,13,18,25-32,34-36H2,1-6H3. The molecule has 68 heavy (non-hydrogen) atoms. The molecule has 3 aromatic heterocycles. The Kier molecular flexibility index (Phi) is 12.6. The largest absolute Gasteiger partial charge is 0.497 e. The Morgan fingerprint density at radius 1 is 0.853 bits per heavy atom. The van der Waals surface area contributed by atoms with Crippen molar-refractivity contribution >= 4 is 47.9 Å². The molecule has 2 unspecified atom stereocenters. The lowest BCUT2D eigenvalue weighted by Gasteiger charge is -2.61. The summed E-state index contributed by atoms with van der Waals surface area (Å²) < 4.78 is 28.0. The predicted octanol–water partition coefficient (Wildman–Crippen LogP) is 10.4. The number of esters is 1. The molecule has 4 aliphatic carbocycles. The third-order valence-electron chi connectivity index (χ3n) is 15.4. The second-order valence-electron chi connectivity index (χ2n) is 21.0. The number of rotatable bonds is 15. The van der Waals surface area contributed by atoms with Crippen molar-refractivity contribution in [3.05, 3.63) is 136 Å². The van der Waals surface area contributed by atoms with Gasteiger partial charge in [-0.25, -0.2) is 9.78 Å². The van der Waals surface area contributed by atoms with E-state index in [1.165, 1.54) is 29.6 Å². The van der Waals surface area contributed by atoms with Crippen molar-refractivity contribution in [3.8, 4) is 16.9 Å². The van der Waals surface area contributed by atoms with Crippen LogP contribution in [0.1, 0.15) is 98.6 Å². The van der Waals surface area contributed by atoms with E-state index in [1.807, 2.05) is 54.4 Å². The number of hydrogen-bond donors (Lipinski definition) is 0. The van der Waals surface area contributed by atoms with Crippen molar-refractivity contribution in [1.82, 2.24) is 25.0 Å². The summed E-state index contributed by atoms with van der Waals surface area (Å²) in [5, 5.41) is 16.7. The van der Waals surface area contributed by atoms with E-state index < -0.39 is 14.3 Å². The highest BCUT2D eigenvalue weighted by Gasteiger charge is 2.59. The van der Waals surface area contributed by atoms with Gasteiger partial charge in [0, 0.05) is 35.5 Å². The average molecular weight is 952 g/mol. The van der Waals surface area contributed by atoms with Crippen molar-refractivity contribution in [3.63, 3.8) is 0 Å². The van der Waals surface area contributed by atoms with Crippen LogP contribution >= 0.6 is 11.6 Å². The molecule has 1 aliphatic heterocycles. The molecule has 11 rings (SSSR count). The smallest absolute Gasteiger partial charge is 0.358 e. The highest BCUT2D eigenvalue weighted by atomic mass is 35.5. The Morgan fingerprint density at radius 2 is 1.54 bits per heavy atom. The molecule has 354 valence electrons.